The smallest absolute Gasteiger partial charge is 0.164 e. The molecule has 0 aliphatic carbocycles. The molecule has 0 aliphatic rings. The summed E-state index contributed by atoms with van der Waals surface area (Å²) in [5, 5.41) is 6.60. The van der Waals surface area contributed by atoms with Crippen LogP contribution in [-0.2, 0) is 0 Å². The summed E-state index contributed by atoms with van der Waals surface area (Å²) in [7, 11) is 0. The van der Waals surface area contributed by atoms with Crippen LogP contribution in [0.1, 0.15) is 0 Å². The number of fused-ring (bicyclic) bond motifs is 6. The van der Waals surface area contributed by atoms with Gasteiger partial charge in [-0.05, 0) is 63.2 Å². The first-order valence-corrected chi connectivity index (χ1v) is 17.1. The van der Waals surface area contributed by atoms with Crippen LogP contribution in [0.5, 0.6) is 0 Å². The van der Waals surface area contributed by atoms with Crippen LogP contribution in [0.2, 0.25) is 0 Å². The summed E-state index contributed by atoms with van der Waals surface area (Å²) >= 11 is 0. The molecule has 4 heteroatoms. The van der Waals surface area contributed by atoms with E-state index in [0.717, 1.165) is 77.0 Å². The number of nitrogens with zero attached hydrogens (tertiary/aromatic N) is 3. The van der Waals surface area contributed by atoms with E-state index in [1.807, 2.05) is 36.4 Å². The van der Waals surface area contributed by atoms with E-state index in [9.17, 15) is 0 Å². The van der Waals surface area contributed by atoms with Crippen LogP contribution in [0, 0.1) is 0 Å². The molecule has 10 aromatic rings. The van der Waals surface area contributed by atoms with Crippen LogP contribution >= 0.6 is 0 Å². The first kappa shape index (κ1) is 29.0. The topological polar surface area (TPSA) is 51.8 Å². The summed E-state index contributed by atoms with van der Waals surface area (Å²) in [6.07, 6.45) is 0. The van der Waals surface area contributed by atoms with Crippen molar-refractivity contribution in [3.05, 3.63) is 176 Å². The molecule has 0 radical (unpaired) electrons. The number of hydrogen-bond donors (Lipinski definition) is 0. The fourth-order valence-corrected chi connectivity index (χ4v) is 7.13. The van der Waals surface area contributed by atoms with E-state index in [1.165, 1.54) is 5.39 Å². The van der Waals surface area contributed by atoms with Crippen LogP contribution in [0.4, 0.5) is 0 Å². The zero-order valence-electron chi connectivity index (χ0n) is 27.5. The summed E-state index contributed by atoms with van der Waals surface area (Å²) < 4.78 is 6.86. The molecule has 0 spiro atoms. The number of benzene rings is 8. The minimum absolute atomic E-state index is 0.601. The lowest BCUT2D eigenvalue weighted by Gasteiger charge is -2.11. The predicted molar refractivity (Wildman–Crippen MR) is 209 cm³/mol. The Hall–Kier alpha value is -6.91. The van der Waals surface area contributed by atoms with Gasteiger partial charge in [-0.25, -0.2) is 15.0 Å². The minimum atomic E-state index is 0.601. The van der Waals surface area contributed by atoms with Crippen LogP contribution in [0.25, 0.3) is 99.9 Å². The van der Waals surface area contributed by atoms with Crippen molar-refractivity contribution < 1.29 is 4.42 Å². The highest BCUT2D eigenvalue weighted by molar-refractivity contribution is 6.18. The molecule has 2 heterocycles. The van der Waals surface area contributed by atoms with Gasteiger partial charge in [0.25, 0.3) is 0 Å². The Bertz CT molecular complexity index is 2910. The third-order valence-corrected chi connectivity index (χ3v) is 9.68. The molecule has 238 valence electrons. The fourth-order valence-electron chi connectivity index (χ4n) is 7.13. The van der Waals surface area contributed by atoms with Gasteiger partial charge in [-0.2, -0.15) is 0 Å². The molecule has 51 heavy (non-hydrogen) atoms. The molecule has 0 amide bonds. The zero-order valence-corrected chi connectivity index (χ0v) is 27.5. The maximum Gasteiger partial charge on any atom is 0.164 e. The molecule has 0 atom stereocenters. The monoisotopic (exact) mass is 651 g/mol. The number of furan rings is 1. The van der Waals surface area contributed by atoms with E-state index in [-0.39, 0.29) is 0 Å². The minimum Gasteiger partial charge on any atom is -0.455 e. The Kier molecular flexibility index (Phi) is 6.78. The molecule has 10 rings (SSSR count). The van der Waals surface area contributed by atoms with E-state index >= 15 is 0 Å². The molecular weight excluding hydrogens is 623 g/mol. The van der Waals surface area contributed by atoms with Gasteiger partial charge in [0, 0.05) is 38.4 Å². The van der Waals surface area contributed by atoms with Gasteiger partial charge in [0.05, 0.1) is 0 Å². The van der Waals surface area contributed by atoms with Gasteiger partial charge in [-0.15, -0.1) is 0 Å². The van der Waals surface area contributed by atoms with Crippen molar-refractivity contribution in [3.63, 3.8) is 0 Å². The van der Waals surface area contributed by atoms with Crippen molar-refractivity contribution in [2.75, 3.05) is 0 Å². The van der Waals surface area contributed by atoms with Gasteiger partial charge < -0.3 is 4.42 Å². The van der Waals surface area contributed by atoms with Gasteiger partial charge in [0.2, 0.25) is 0 Å². The summed E-state index contributed by atoms with van der Waals surface area (Å²) in [5.74, 6) is 1.85. The molecule has 0 saturated heterocycles. The molecule has 0 unspecified atom stereocenters. The summed E-state index contributed by atoms with van der Waals surface area (Å²) in [6, 6.07) is 61.1. The predicted octanol–water partition coefficient (Wildman–Crippen LogP) is 12.4. The molecule has 0 aliphatic heterocycles. The molecule has 4 nitrogen and oxygen atoms in total. The molecular formula is C47H29N3O. The van der Waals surface area contributed by atoms with Gasteiger partial charge in [-0.3, -0.25) is 0 Å². The summed E-state index contributed by atoms with van der Waals surface area (Å²) in [5.41, 5.74) is 8.80. The van der Waals surface area contributed by atoms with Crippen LogP contribution < -0.4 is 0 Å². The SMILES string of the molecule is c1ccc(-c2cccc(-c3cc(-c4nc(-c5ccccc5)nc(-c5ccc6ccccc6c5)n4)cc4c3oc3c5ccccc5ccc43)c2)cc1. The third-order valence-electron chi connectivity index (χ3n) is 9.68. The maximum absolute atomic E-state index is 6.86. The fraction of sp³-hybridized carbons (Fsp3) is 0. The second-order valence-electron chi connectivity index (χ2n) is 12.8. The summed E-state index contributed by atoms with van der Waals surface area (Å²) in [4.78, 5) is 15.3. The Morgan fingerprint density at radius 3 is 1.71 bits per heavy atom. The Morgan fingerprint density at radius 1 is 0.294 bits per heavy atom. The Balaban J connectivity index is 1.25. The zero-order chi connectivity index (χ0) is 33.7. The quantitative estimate of drug-likeness (QED) is 0.186. The first-order valence-electron chi connectivity index (χ1n) is 17.1. The Labute approximate surface area is 294 Å². The highest BCUT2D eigenvalue weighted by atomic mass is 16.3. The van der Waals surface area contributed by atoms with Crippen molar-refractivity contribution in [1.29, 1.82) is 0 Å². The molecule has 2 aromatic heterocycles. The highest BCUT2D eigenvalue weighted by Crippen LogP contribution is 2.42. The molecule has 0 N–H and O–H groups in total. The maximum atomic E-state index is 6.86. The second kappa shape index (κ2) is 11.9. The van der Waals surface area contributed by atoms with E-state index < -0.39 is 0 Å². The van der Waals surface area contributed by atoms with Gasteiger partial charge in [-0.1, -0.05) is 146 Å². The highest BCUT2D eigenvalue weighted by Gasteiger charge is 2.20. The van der Waals surface area contributed by atoms with E-state index in [1.54, 1.807) is 0 Å². The van der Waals surface area contributed by atoms with E-state index in [2.05, 4.69) is 140 Å². The largest absolute Gasteiger partial charge is 0.455 e. The number of aromatic nitrogens is 3. The average Bonchev–Trinajstić information content (AvgIpc) is 3.60. The first-order chi connectivity index (χ1) is 25.2. The Morgan fingerprint density at radius 2 is 0.902 bits per heavy atom. The average molecular weight is 652 g/mol. The summed E-state index contributed by atoms with van der Waals surface area (Å²) in [6.45, 7) is 0. The molecule has 0 bridgehead atoms. The van der Waals surface area contributed by atoms with Gasteiger partial charge in [0.15, 0.2) is 17.5 Å². The number of rotatable bonds is 5. The molecule has 0 saturated carbocycles. The van der Waals surface area contributed by atoms with Gasteiger partial charge in [0.1, 0.15) is 11.2 Å². The molecule has 0 fully saturated rings. The van der Waals surface area contributed by atoms with Crippen molar-refractivity contribution >= 4 is 43.5 Å². The van der Waals surface area contributed by atoms with Gasteiger partial charge >= 0.3 is 0 Å². The normalized spacial score (nSPS) is 11.5. The van der Waals surface area contributed by atoms with E-state index in [4.69, 9.17) is 19.4 Å². The number of hydrogen-bond acceptors (Lipinski definition) is 4. The van der Waals surface area contributed by atoms with Crippen LogP contribution in [0.3, 0.4) is 0 Å². The van der Waals surface area contributed by atoms with Crippen LogP contribution in [0.15, 0.2) is 180 Å². The lowest BCUT2D eigenvalue weighted by atomic mass is 9.95. The third kappa shape index (κ3) is 5.13. The lowest BCUT2D eigenvalue weighted by molar-refractivity contribution is 0.674. The molecule has 8 aromatic carbocycles. The second-order valence-corrected chi connectivity index (χ2v) is 12.8. The standard InChI is InChI=1S/C47H29N3O/c1-3-12-30(13-4-1)35-19-11-20-36(26-35)41-28-38(29-42-40-25-24-32-15-9-10-21-39(32)43(40)51-44(41)42)47-49-45(33-16-5-2-6-17-33)48-46(50-47)37-23-22-31-14-7-8-18-34(31)27-37/h1-29H. The van der Waals surface area contributed by atoms with Crippen molar-refractivity contribution in [2.45, 2.75) is 0 Å². The van der Waals surface area contributed by atoms with Crippen molar-refractivity contribution in [2.24, 2.45) is 0 Å². The van der Waals surface area contributed by atoms with Crippen LogP contribution in [-0.4, -0.2) is 15.0 Å². The van der Waals surface area contributed by atoms with Crippen molar-refractivity contribution in [1.82, 2.24) is 15.0 Å². The van der Waals surface area contributed by atoms with E-state index in [0.29, 0.717) is 17.5 Å². The van der Waals surface area contributed by atoms with Crippen molar-refractivity contribution in [3.8, 4) is 56.4 Å². The lowest BCUT2D eigenvalue weighted by Crippen LogP contribution is -2.00.